The first-order valence-corrected chi connectivity index (χ1v) is 13.4. The summed E-state index contributed by atoms with van der Waals surface area (Å²) in [5.74, 6) is 1.50. The van der Waals surface area contributed by atoms with Gasteiger partial charge in [0.25, 0.3) is 0 Å². The van der Waals surface area contributed by atoms with Crippen molar-refractivity contribution in [3.8, 4) is 0 Å². The smallest absolute Gasteiger partial charge is 0.220 e. The molecule has 1 amide bonds. The number of hydrogen-bond donors (Lipinski definition) is 1. The minimum atomic E-state index is 0.241. The van der Waals surface area contributed by atoms with E-state index < -0.39 is 0 Å². The van der Waals surface area contributed by atoms with E-state index in [9.17, 15) is 4.79 Å². The van der Waals surface area contributed by atoms with Gasteiger partial charge in [0.05, 0.1) is 0 Å². The lowest BCUT2D eigenvalue weighted by Crippen LogP contribution is -2.26. The van der Waals surface area contributed by atoms with E-state index in [1.807, 2.05) is 0 Å². The molecule has 0 heterocycles. The molecule has 1 N–H and O–H groups in total. The van der Waals surface area contributed by atoms with Crippen molar-refractivity contribution in [3.05, 3.63) is 35.4 Å². The maximum atomic E-state index is 12.8. The van der Waals surface area contributed by atoms with E-state index in [-0.39, 0.29) is 5.91 Å². The standard InChI is InChI=1S/C29H51NO/c1-5-8-11-13-18-26(19-14-12-9-6-2)23-29(31)30-24-28-21-16-15-20-27(28)22-25(4)17-10-7-3/h15-16,20-21,25-26H,5-14,17-19,22-24H2,1-4H3,(H,30,31). The summed E-state index contributed by atoms with van der Waals surface area (Å²) in [5, 5.41) is 3.25. The van der Waals surface area contributed by atoms with E-state index in [0.29, 0.717) is 24.8 Å². The van der Waals surface area contributed by atoms with Crippen LogP contribution in [0.15, 0.2) is 24.3 Å². The molecule has 1 rings (SSSR count). The van der Waals surface area contributed by atoms with Crippen LogP contribution in [0.3, 0.4) is 0 Å². The monoisotopic (exact) mass is 429 g/mol. The van der Waals surface area contributed by atoms with Crippen molar-refractivity contribution >= 4 is 5.91 Å². The minimum absolute atomic E-state index is 0.241. The molecule has 1 aromatic carbocycles. The van der Waals surface area contributed by atoms with Crippen molar-refractivity contribution < 1.29 is 4.79 Å². The van der Waals surface area contributed by atoms with Crippen molar-refractivity contribution in [2.75, 3.05) is 0 Å². The first-order chi connectivity index (χ1) is 15.1. The zero-order chi connectivity index (χ0) is 22.7. The third-order valence-electron chi connectivity index (χ3n) is 6.62. The quantitative estimate of drug-likeness (QED) is 0.219. The van der Waals surface area contributed by atoms with E-state index in [1.165, 1.54) is 94.6 Å². The van der Waals surface area contributed by atoms with Crippen LogP contribution in [0.5, 0.6) is 0 Å². The fourth-order valence-electron chi connectivity index (χ4n) is 4.56. The van der Waals surface area contributed by atoms with Gasteiger partial charge in [-0.25, -0.2) is 0 Å². The van der Waals surface area contributed by atoms with Gasteiger partial charge < -0.3 is 5.32 Å². The molecule has 0 bridgehead atoms. The number of nitrogens with one attached hydrogen (secondary N) is 1. The molecule has 2 heteroatoms. The van der Waals surface area contributed by atoms with Crippen molar-refractivity contribution in [2.45, 2.75) is 131 Å². The van der Waals surface area contributed by atoms with Crippen LogP contribution in [-0.4, -0.2) is 5.91 Å². The van der Waals surface area contributed by atoms with Gasteiger partial charge in [0, 0.05) is 13.0 Å². The lowest BCUT2D eigenvalue weighted by molar-refractivity contribution is -0.122. The molecule has 0 spiro atoms. The first kappa shape index (κ1) is 27.7. The van der Waals surface area contributed by atoms with Gasteiger partial charge in [-0.3, -0.25) is 4.79 Å². The molecule has 0 aromatic heterocycles. The fraction of sp³-hybridized carbons (Fsp3) is 0.759. The second-order valence-corrected chi connectivity index (χ2v) is 9.77. The molecular formula is C29H51NO. The van der Waals surface area contributed by atoms with Crippen molar-refractivity contribution in [1.29, 1.82) is 0 Å². The van der Waals surface area contributed by atoms with E-state index >= 15 is 0 Å². The molecule has 0 aliphatic heterocycles. The fourth-order valence-corrected chi connectivity index (χ4v) is 4.56. The third-order valence-corrected chi connectivity index (χ3v) is 6.62. The molecule has 1 unspecified atom stereocenters. The molecule has 0 saturated carbocycles. The predicted molar refractivity (Wildman–Crippen MR) is 136 cm³/mol. The molecule has 178 valence electrons. The lowest BCUT2D eigenvalue weighted by atomic mass is 9.91. The Labute approximate surface area is 194 Å². The van der Waals surface area contributed by atoms with Gasteiger partial charge in [0.15, 0.2) is 0 Å². The average molecular weight is 430 g/mol. The highest BCUT2D eigenvalue weighted by molar-refractivity contribution is 5.76. The van der Waals surface area contributed by atoms with Gasteiger partial charge in [0.2, 0.25) is 5.91 Å². The zero-order valence-electron chi connectivity index (χ0n) is 21.2. The third kappa shape index (κ3) is 13.7. The second-order valence-electron chi connectivity index (χ2n) is 9.77. The van der Waals surface area contributed by atoms with E-state index in [1.54, 1.807) is 0 Å². The van der Waals surface area contributed by atoms with Gasteiger partial charge in [0.1, 0.15) is 0 Å². The maximum absolute atomic E-state index is 12.8. The van der Waals surface area contributed by atoms with Crippen LogP contribution < -0.4 is 5.32 Å². The van der Waals surface area contributed by atoms with E-state index in [4.69, 9.17) is 0 Å². The zero-order valence-corrected chi connectivity index (χ0v) is 21.2. The lowest BCUT2D eigenvalue weighted by Gasteiger charge is -2.18. The van der Waals surface area contributed by atoms with Crippen LogP contribution in [0.1, 0.15) is 129 Å². The Kier molecular flexibility index (Phi) is 16.3. The predicted octanol–water partition coefficient (Wildman–Crippen LogP) is 8.62. The average Bonchev–Trinajstić information content (AvgIpc) is 2.77. The summed E-state index contributed by atoms with van der Waals surface area (Å²) < 4.78 is 0. The summed E-state index contributed by atoms with van der Waals surface area (Å²) in [6.07, 6.45) is 18.5. The molecular weight excluding hydrogens is 378 g/mol. The van der Waals surface area contributed by atoms with Crippen LogP contribution in [0.25, 0.3) is 0 Å². The highest BCUT2D eigenvalue weighted by atomic mass is 16.1. The van der Waals surface area contributed by atoms with Crippen LogP contribution in [0, 0.1) is 11.8 Å². The molecule has 0 aliphatic carbocycles. The number of carbonyl (C=O) groups excluding carboxylic acids is 1. The summed E-state index contributed by atoms with van der Waals surface area (Å²) >= 11 is 0. The summed E-state index contributed by atoms with van der Waals surface area (Å²) in [4.78, 5) is 12.8. The molecule has 0 fully saturated rings. The number of hydrogen-bond acceptors (Lipinski definition) is 1. The van der Waals surface area contributed by atoms with Crippen molar-refractivity contribution in [2.24, 2.45) is 11.8 Å². The number of rotatable bonds is 19. The van der Waals surface area contributed by atoms with Crippen LogP contribution in [0.4, 0.5) is 0 Å². The highest BCUT2D eigenvalue weighted by Gasteiger charge is 2.14. The summed E-state index contributed by atoms with van der Waals surface area (Å²) in [6, 6.07) is 8.67. The summed E-state index contributed by atoms with van der Waals surface area (Å²) in [7, 11) is 0. The second kappa shape index (κ2) is 18.3. The van der Waals surface area contributed by atoms with Crippen LogP contribution >= 0.6 is 0 Å². The van der Waals surface area contributed by atoms with Crippen LogP contribution in [-0.2, 0) is 17.8 Å². The molecule has 2 nitrogen and oxygen atoms in total. The number of amides is 1. The van der Waals surface area contributed by atoms with Crippen LogP contribution in [0.2, 0.25) is 0 Å². The van der Waals surface area contributed by atoms with Gasteiger partial charge in [-0.2, -0.15) is 0 Å². The SMILES string of the molecule is CCCCCCC(CCCCCC)CC(=O)NCc1ccccc1CC(C)CCCC. The Balaban J connectivity index is 2.53. The molecule has 1 aromatic rings. The largest absolute Gasteiger partial charge is 0.352 e. The first-order valence-electron chi connectivity index (χ1n) is 13.4. The Hall–Kier alpha value is -1.31. The maximum Gasteiger partial charge on any atom is 0.220 e. The molecule has 0 radical (unpaired) electrons. The Bertz CT molecular complexity index is 556. The Morgan fingerprint density at radius 1 is 0.774 bits per heavy atom. The molecule has 1 atom stereocenters. The molecule has 0 saturated heterocycles. The normalized spacial score (nSPS) is 12.3. The van der Waals surface area contributed by atoms with Gasteiger partial charge in [-0.05, 0) is 42.2 Å². The van der Waals surface area contributed by atoms with Crippen molar-refractivity contribution in [3.63, 3.8) is 0 Å². The number of carbonyl (C=O) groups is 1. The van der Waals surface area contributed by atoms with Gasteiger partial charge >= 0.3 is 0 Å². The number of benzene rings is 1. The van der Waals surface area contributed by atoms with Gasteiger partial charge in [-0.1, -0.05) is 123 Å². The minimum Gasteiger partial charge on any atom is -0.352 e. The van der Waals surface area contributed by atoms with E-state index in [2.05, 4.69) is 57.3 Å². The summed E-state index contributed by atoms with van der Waals surface area (Å²) in [6.45, 7) is 9.81. The highest BCUT2D eigenvalue weighted by Crippen LogP contribution is 2.22. The van der Waals surface area contributed by atoms with Gasteiger partial charge in [-0.15, -0.1) is 0 Å². The Morgan fingerprint density at radius 3 is 1.94 bits per heavy atom. The molecule has 31 heavy (non-hydrogen) atoms. The van der Waals surface area contributed by atoms with E-state index in [0.717, 1.165) is 6.42 Å². The van der Waals surface area contributed by atoms with Crippen molar-refractivity contribution in [1.82, 2.24) is 5.32 Å². The number of unbranched alkanes of at least 4 members (excludes halogenated alkanes) is 7. The molecule has 0 aliphatic rings. The Morgan fingerprint density at radius 2 is 1.35 bits per heavy atom. The topological polar surface area (TPSA) is 29.1 Å². The summed E-state index contributed by atoms with van der Waals surface area (Å²) in [5.41, 5.74) is 2.70.